The van der Waals surface area contributed by atoms with Crippen LogP contribution in [0.25, 0.3) is 6.08 Å². The van der Waals surface area contributed by atoms with E-state index in [2.05, 4.69) is 10.3 Å². The number of carbonyl (C=O) groups is 1. The summed E-state index contributed by atoms with van der Waals surface area (Å²) in [5.41, 5.74) is -0.154. The summed E-state index contributed by atoms with van der Waals surface area (Å²) in [5.74, 6) is -0.550. The lowest BCUT2D eigenvalue weighted by atomic mass is 10.2. The Kier molecular flexibility index (Phi) is 5.95. The summed E-state index contributed by atoms with van der Waals surface area (Å²) in [4.78, 5) is 15.0. The normalized spacial score (nSPS) is 11.7. The highest BCUT2D eigenvalue weighted by Gasteiger charge is 2.15. The van der Waals surface area contributed by atoms with Crippen LogP contribution in [-0.4, -0.2) is 23.2 Å². The molecule has 0 fully saturated rings. The molecular formula is C14H18ClFN2O2. The van der Waals surface area contributed by atoms with Gasteiger partial charge in [-0.3, -0.25) is 0 Å². The van der Waals surface area contributed by atoms with Crippen molar-refractivity contribution in [2.24, 2.45) is 0 Å². The first kappa shape index (κ1) is 16.4. The van der Waals surface area contributed by atoms with Crippen molar-refractivity contribution in [1.29, 1.82) is 0 Å². The minimum Gasteiger partial charge on any atom is -0.444 e. The van der Waals surface area contributed by atoms with E-state index in [0.29, 0.717) is 18.5 Å². The Morgan fingerprint density at radius 1 is 1.55 bits per heavy atom. The van der Waals surface area contributed by atoms with E-state index < -0.39 is 17.5 Å². The number of ether oxygens (including phenoxy) is 1. The molecular weight excluding hydrogens is 283 g/mol. The van der Waals surface area contributed by atoms with Crippen LogP contribution in [0.2, 0.25) is 5.15 Å². The molecule has 0 aliphatic carbocycles. The second-order valence-electron chi connectivity index (χ2n) is 5.12. The zero-order valence-corrected chi connectivity index (χ0v) is 12.5. The molecule has 0 spiro atoms. The van der Waals surface area contributed by atoms with Crippen LogP contribution in [0.4, 0.5) is 9.18 Å². The summed E-state index contributed by atoms with van der Waals surface area (Å²) in [7, 11) is 0. The van der Waals surface area contributed by atoms with Crippen molar-refractivity contribution in [2.45, 2.75) is 32.8 Å². The highest BCUT2D eigenvalue weighted by molar-refractivity contribution is 6.29. The molecule has 1 N–H and O–H groups in total. The van der Waals surface area contributed by atoms with E-state index in [1.807, 2.05) is 0 Å². The maximum atomic E-state index is 13.5. The van der Waals surface area contributed by atoms with Gasteiger partial charge in [0, 0.05) is 18.3 Å². The van der Waals surface area contributed by atoms with Crippen LogP contribution in [0.3, 0.4) is 0 Å². The maximum Gasteiger partial charge on any atom is 0.407 e. The van der Waals surface area contributed by atoms with Gasteiger partial charge in [-0.15, -0.1) is 0 Å². The molecule has 1 aromatic rings. The lowest BCUT2D eigenvalue weighted by molar-refractivity contribution is 0.0529. The first-order valence-electron chi connectivity index (χ1n) is 6.23. The second-order valence-corrected chi connectivity index (χ2v) is 5.48. The van der Waals surface area contributed by atoms with E-state index in [-0.39, 0.29) is 5.15 Å². The van der Waals surface area contributed by atoms with Crippen LogP contribution in [-0.2, 0) is 4.74 Å². The number of hydrogen-bond donors (Lipinski definition) is 1. The van der Waals surface area contributed by atoms with Crippen LogP contribution in [0.15, 0.2) is 18.3 Å². The fourth-order valence-electron chi connectivity index (χ4n) is 1.34. The maximum absolute atomic E-state index is 13.5. The van der Waals surface area contributed by atoms with Gasteiger partial charge in [-0.1, -0.05) is 23.8 Å². The number of hydrogen-bond acceptors (Lipinski definition) is 3. The standard InChI is InChI=1S/C14H18ClFN2O2/c1-14(2,3)20-13(19)18-8-5-4-6-10-7-9-17-12(15)11(10)16/h4,6-7,9H,5,8H2,1-3H3,(H,18,19). The van der Waals surface area contributed by atoms with Gasteiger partial charge in [0.25, 0.3) is 0 Å². The number of halogens is 2. The lowest BCUT2D eigenvalue weighted by Crippen LogP contribution is -2.32. The van der Waals surface area contributed by atoms with Crippen molar-refractivity contribution in [3.63, 3.8) is 0 Å². The number of pyridine rings is 1. The minimum absolute atomic E-state index is 0.154. The highest BCUT2D eigenvalue weighted by Crippen LogP contribution is 2.16. The van der Waals surface area contributed by atoms with E-state index in [0.717, 1.165) is 0 Å². The van der Waals surface area contributed by atoms with Crippen LogP contribution in [0, 0.1) is 5.82 Å². The smallest absolute Gasteiger partial charge is 0.407 e. The number of rotatable bonds is 4. The molecule has 0 atom stereocenters. The molecule has 6 heteroatoms. The van der Waals surface area contributed by atoms with Gasteiger partial charge in [0.15, 0.2) is 11.0 Å². The number of nitrogens with one attached hydrogen (secondary N) is 1. The van der Waals surface area contributed by atoms with Crippen molar-refractivity contribution < 1.29 is 13.9 Å². The summed E-state index contributed by atoms with van der Waals surface area (Å²) < 4.78 is 18.6. The van der Waals surface area contributed by atoms with Gasteiger partial charge in [0.2, 0.25) is 0 Å². The molecule has 1 amide bonds. The molecule has 1 heterocycles. The lowest BCUT2D eigenvalue weighted by Gasteiger charge is -2.19. The largest absolute Gasteiger partial charge is 0.444 e. The van der Waals surface area contributed by atoms with Gasteiger partial charge in [-0.2, -0.15) is 0 Å². The predicted octanol–water partition coefficient (Wildman–Crippen LogP) is 3.80. The number of aromatic nitrogens is 1. The molecule has 4 nitrogen and oxygen atoms in total. The van der Waals surface area contributed by atoms with Crippen molar-refractivity contribution >= 4 is 23.8 Å². The van der Waals surface area contributed by atoms with Gasteiger partial charge in [0.05, 0.1) is 0 Å². The van der Waals surface area contributed by atoms with Crippen molar-refractivity contribution in [3.05, 3.63) is 34.9 Å². The highest BCUT2D eigenvalue weighted by atomic mass is 35.5. The Morgan fingerprint density at radius 2 is 2.25 bits per heavy atom. The molecule has 20 heavy (non-hydrogen) atoms. The predicted molar refractivity (Wildman–Crippen MR) is 77.1 cm³/mol. The summed E-state index contributed by atoms with van der Waals surface area (Å²) in [6.45, 7) is 5.79. The third-order valence-electron chi connectivity index (χ3n) is 2.15. The van der Waals surface area contributed by atoms with Crippen LogP contribution < -0.4 is 5.32 Å². The van der Waals surface area contributed by atoms with Crippen molar-refractivity contribution in [3.8, 4) is 0 Å². The molecule has 0 saturated carbocycles. The van der Waals surface area contributed by atoms with E-state index in [1.54, 1.807) is 32.9 Å². The fourth-order valence-corrected chi connectivity index (χ4v) is 1.51. The number of alkyl carbamates (subject to hydrolysis) is 1. The summed E-state index contributed by atoms with van der Waals surface area (Å²) in [6.07, 6.45) is 4.86. The van der Waals surface area contributed by atoms with Gasteiger partial charge in [0.1, 0.15) is 5.60 Å². The average Bonchev–Trinajstić information content (AvgIpc) is 2.31. The molecule has 0 aromatic carbocycles. The fraction of sp³-hybridized carbons (Fsp3) is 0.429. The zero-order chi connectivity index (χ0) is 15.2. The molecule has 0 unspecified atom stereocenters. The second kappa shape index (κ2) is 7.24. The van der Waals surface area contributed by atoms with E-state index >= 15 is 0 Å². The van der Waals surface area contributed by atoms with Crippen molar-refractivity contribution in [1.82, 2.24) is 10.3 Å². The van der Waals surface area contributed by atoms with Gasteiger partial charge < -0.3 is 10.1 Å². The topological polar surface area (TPSA) is 51.2 Å². The first-order valence-corrected chi connectivity index (χ1v) is 6.61. The SMILES string of the molecule is CC(C)(C)OC(=O)NCCC=Cc1ccnc(Cl)c1F. The number of carbonyl (C=O) groups excluding carboxylic acids is 1. The molecule has 1 rings (SSSR count). The third kappa shape index (κ3) is 6.02. The Morgan fingerprint density at radius 3 is 2.90 bits per heavy atom. The zero-order valence-electron chi connectivity index (χ0n) is 11.7. The molecule has 0 radical (unpaired) electrons. The van der Waals surface area contributed by atoms with E-state index in [9.17, 15) is 9.18 Å². The Bertz CT molecular complexity index is 498. The summed E-state index contributed by atoms with van der Waals surface area (Å²) >= 11 is 5.56. The quantitative estimate of drug-likeness (QED) is 0.679. The minimum atomic E-state index is -0.550. The van der Waals surface area contributed by atoms with Gasteiger partial charge in [-0.25, -0.2) is 14.2 Å². The average molecular weight is 301 g/mol. The van der Waals surface area contributed by atoms with Crippen molar-refractivity contribution in [2.75, 3.05) is 6.54 Å². The molecule has 1 aromatic heterocycles. The number of amides is 1. The Balaban J connectivity index is 2.36. The molecule has 0 saturated heterocycles. The monoisotopic (exact) mass is 300 g/mol. The summed E-state index contributed by atoms with van der Waals surface area (Å²) in [5, 5.41) is 2.45. The molecule has 0 aliphatic heterocycles. The first-order chi connectivity index (χ1) is 9.29. The Labute approximate surface area is 123 Å². The number of nitrogens with zero attached hydrogens (tertiary/aromatic N) is 1. The van der Waals surface area contributed by atoms with Gasteiger partial charge >= 0.3 is 6.09 Å². The summed E-state index contributed by atoms with van der Waals surface area (Å²) in [6, 6.07) is 1.53. The molecule has 110 valence electrons. The molecule has 0 aliphatic rings. The van der Waals surface area contributed by atoms with Crippen LogP contribution in [0.5, 0.6) is 0 Å². The van der Waals surface area contributed by atoms with Crippen LogP contribution >= 0.6 is 11.6 Å². The molecule has 0 bridgehead atoms. The van der Waals surface area contributed by atoms with E-state index in [1.165, 1.54) is 12.3 Å². The van der Waals surface area contributed by atoms with E-state index in [4.69, 9.17) is 16.3 Å². The third-order valence-corrected chi connectivity index (χ3v) is 2.42. The Hall–Kier alpha value is -1.62. The van der Waals surface area contributed by atoms with Crippen LogP contribution in [0.1, 0.15) is 32.8 Å². The van der Waals surface area contributed by atoms with Gasteiger partial charge in [-0.05, 0) is 33.3 Å².